The average molecular weight is 489 g/mol. The van der Waals surface area contributed by atoms with Gasteiger partial charge in [0.25, 0.3) is 5.91 Å². The van der Waals surface area contributed by atoms with Crippen molar-refractivity contribution >= 4 is 23.4 Å². The van der Waals surface area contributed by atoms with E-state index in [1.807, 2.05) is 24.3 Å². The van der Waals surface area contributed by atoms with E-state index in [1.54, 1.807) is 30.6 Å². The predicted octanol–water partition coefficient (Wildman–Crippen LogP) is 4.36. The third kappa shape index (κ3) is 6.00. The van der Waals surface area contributed by atoms with E-state index in [0.29, 0.717) is 17.2 Å². The standard InChI is InChI=1S/C28H32N4O4/c1-19(2)20-11-13-21(14-12-20)26(28(35)31-22-7-3-4-8-22)32(23-9-5-15-29-17-23)25(33)18-30-27(34)24-10-6-16-36-24/h5-6,9-17,19,22,26H,3-4,7-8,18H2,1-2H3,(H,30,34)(H,31,35)/t26-/m1/s1. The summed E-state index contributed by atoms with van der Waals surface area (Å²) in [5, 5.41) is 5.75. The Morgan fingerprint density at radius 2 is 1.75 bits per heavy atom. The molecule has 8 heteroatoms. The summed E-state index contributed by atoms with van der Waals surface area (Å²) in [6.07, 6.45) is 8.53. The Hall–Kier alpha value is -3.94. The van der Waals surface area contributed by atoms with Gasteiger partial charge in [-0.3, -0.25) is 24.3 Å². The highest BCUT2D eigenvalue weighted by molar-refractivity contribution is 6.04. The van der Waals surface area contributed by atoms with Crippen LogP contribution in [0.3, 0.4) is 0 Å². The van der Waals surface area contributed by atoms with Gasteiger partial charge in [-0.05, 0) is 54.2 Å². The van der Waals surface area contributed by atoms with Crippen LogP contribution < -0.4 is 15.5 Å². The van der Waals surface area contributed by atoms with Crippen molar-refractivity contribution in [1.82, 2.24) is 15.6 Å². The lowest BCUT2D eigenvalue weighted by atomic mass is 9.97. The van der Waals surface area contributed by atoms with Gasteiger partial charge < -0.3 is 15.1 Å². The normalized spacial score (nSPS) is 14.4. The number of amides is 3. The molecular weight excluding hydrogens is 456 g/mol. The number of furan rings is 1. The van der Waals surface area contributed by atoms with Crippen LogP contribution in [-0.2, 0) is 9.59 Å². The van der Waals surface area contributed by atoms with Gasteiger partial charge in [0.15, 0.2) is 5.76 Å². The summed E-state index contributed by atoms with van der Waals surface area (Å²) in [6, 6.07) is 13.5. The number of benzene rings is 1. The summed E-state index contributed by atoms with van der Waals surface area (Å²) >= 11 is 0. The number of carbonyl (C=O) groups excluding carboxylic acids is 3. The topological polar surface area (TPSA) is 105 Å². The molecule has 36 heavy (non-hydrogen) atoms. The summed E-state index contributed by atoms with van der Waals surface area (Å²) in [7, 11) is 0. The Balaban J connectivity index is 1.67. The van der Waals surface area contributed by atoms with Crippen molar-refractivity contribution in [3.05, 3.63) is 84.1 Å². The zero-order valence-electron chi connectivity index (χ0n) is 20.6. The zero-order chi connectivity index (χ0) is 25.5. The monoisotopic (exact) mass is 488 g/mol. The number of hydrogen-bond donors (Lipinski definition) is 2. The van der Waals surface area contributed by atoms with Gasteiger partial charge in [-0.1, -0.05) is 51.0 Å². The fourth-order valence-corrected chi connectivity index (χ4v) is 4.50. The second-order valence-electron chi connectivity index (χ2n) is 9.35. The molecule has 188 valence electrons. The molecule has 0 saturated heterocycles. The summed E-state index contributed by atoms with van der Waals surface area (Å²) < 4.78 is 5.12. The van der Waals surface area contributed by atoms with E-state index in [1.165, 1.54) is 17.2 Å². The Morgan fingerprint density at radius 1 is 1.03 bits per heavy atom. The highest BCUT2D eigenvalue weighted by Gasteiger charge is 2.34. The molecule has 0 radical (unpaired) electrons. The molecule has 1 aliphatic carbocycles. The van der Waals surface area contributed by atoms with Gasteiger partial charge in [0.2, 0.25) is 11.8 Å². The molecule has 1 atom stereocenters. The zero-order valence-corrected chi connectivity index (χ0v) is 20.6. The Bertz CT molecular complexity index is 1150. The smallest absolute Gasteiger partial charge is 0.287 e. The lowest BCUT2D eigenvalue weighted by molar-refractivity contribution is -0.126. The number of carbonyl (C=O) groups is 3. The van der Waals surface area contributed by atoms with E-state index in [4.69, 9.17) is 4.42 Å². The molecule has 3 amide bonds. The maximum Gasteiger partial charge on any atom is 0.287 e. The molecule has 1 saturated carbocycles. The average Bonchev–Trinajstić information content (AvgIpc) is 3.61. The minimum Gasteiger partial charge on any atom is -0.459 e. The lowest BCUT2D eigenvalue weighted by Gasteiger charge is -2.32. The Labute approximate surface area is 211 Å². The molecule has 0 unspecified atom stereocenters. The van der Waals surface area contributed by atoms with Gasteiger partial charge in [0.05, 0.1) is 24.7 Å². The first kappa shape index (κ1) is 25.2. The first-order chi connectivity index (χ1) is 17.4. The quantitative estimate of drug-likeness (QED) is 0.466. The van der Waals surface area contributed by atoms with Crippen molar-refractivity contribution in [1.29, 1.82) is 0 Å². The largest absolute Gasteiger partial charge is 0.459 e. The molecule has 2 aromatic heterocycles. The third-order valence-electron chi connectivity index (χ3n) is 6.46. The molecule has 0 spiro atoms. The number of hydrogen-bond acceptors (Lipinski definition) is 5. The van der Waals surface area contributed by atoms with E-state index in [0.717, 1.165) is 31.2 Å². The van der Waals surface area contributed by atoms with Gasteiger partial charge in [-0.15, -0.1) is 0 Å². The van der Waals surface area contributed by atoms with Crippen molar-refractivity contribution in [2.75, 3.05) is 11.4 Å². The SMILES string of the molecule is CC(C)c1ccc([C@H](C(=O)NC2CCCC2)N(C(=O)CNC(=O)c2ccco2)c2cccnc2)cc1. The van der Waals surface area contributed by atoms with Crippen LogP contribution in [0, 0.1) is 0 Å². The molecule has 2 N–H and O–H groups in total. The summed E-state index contributed by atoms with van der Waals surface area (Å²) in [4.78, 5) is 45.4. The number of rotatable bonds is 9. The molecule has 0 bridgehead atoms. The maximum absolute atomic E-state index is 13.7. The van der Waals surface area contributed by atoms with E-state index in [2.05, 4.69) is 29.5 Å². The van der Waals surface area contributed by atoms with E-state index >= 15 is 0 Å². The fourth-order valence-electron chi connectivity index (χ4n) is 4.50. The predicted molar refractivity (Wildman–Crippen MR) is 136 cm³/mol. The molecule has 3 aromatic rings. The molecule has 1 fully saturated rings. The molecule has 0 aliphatic heterocycles. The van der Waals surface area contributed by atoms with Crippen molar-refractivity contribution < 1.29 is 18.8 Å². The van der Waals surface area contributed by atoms with Crippen molar-refractivity contribution in [3.63, 3.8) is 0 Å². The fraction of sp³-hybridized carbons (Fsp3) is 0.357. The number of pyridine rings is 1. The van der Waals surface area contributed by atoms with Crippen LogP contribution in [0.15, 0.2) is 71.6 Å². The minimum absolute atomic E-state index is 0.0828. The van der Waals surface area contributed by atoms with Crippen LogP contribution in [0.1, 0.15) is 73.2 Å². The second kappa shape index (κ2) is 11.7. The van der Waals surface area contributed by atoms with E-state index < -0.39 is 17.9 Å². The van der Waals surface area contributed by atoms with Crippen LogP contribution in [-0.4, -0.2) is 35.3 Å². The van der Waals surface area contributed by atoms with Crippen LogP contribution in [0.2, 0.25) is 0 Å². The molecule has 4 rings (SSSR count). The van der Waals surface area contributed by atoms with Gasteiger partial charge in [0.1, 0.15) is 6.04 Å². The van der Waals surface area contributed by atoms with Gasteiger partial charge in [-0.2, -0.15) is 0 Å². The number of anilines is 1. The molecule has 1 aliphatic rings. The van der Waals surface area contributed by atoms with E-state index in [9.17, 15) is 14.4 Å². The van der Waals surface area contributed by atoms with Crippen molar-refractivity contribution in [2.24, 2.45) is 0 Å². The number of nitrogens with one attached hydrogen (secondary N) is 2. The Kier molecular flexibility index (Phi) is 8.15. The lowest BCUT2D eigenvalue weighted by Crippen LogP contribution is -2.49. The van der Waals surface area contributed by atoms with E-state index in [-0.39, 0.29) is 24.3 Å². The maximum atomic E-state index is 13.7. The Morgan fingerprint density at radius 3 is 2.36 bits per heavy atom. The first-order valence-corrected chi connectivity index (χ1v) is 12.4. The van der Waals surface area contributed by atoms with Crippen LogP contribution in [0.5, 0.6) is 0 Å². The highest BCUT2D eigenvalue weighted by Crippen LogP contribution is 2.30. The van der Waals surface area contributed by atoms with Crippen LogP contribution >= 0.6 is 0 Å². The van der Waals surface area contributed by atoms with Gasteiger partial charge >= 0.3 is 0 Å². The molecular formula is C28H32N4O4. The summed E-state index contributed by atoms with van der Waals surface area (Å²) in [5.74, 6) is -0.767. The van der Waals surface area contributed by atoms with Gasteiger partial charge in [0, 0.05) is 12.2 Å². The third-order valence-corrected chi connectivity index (χ3v) is 6.46. The molecule has 2 heterocycles. The summed E-state index contributed by atoms with van der Waals surface area (Å²) in [5.41, 5.74) is 2.29. The molecule has 8 nitrogen and oxygen atoms in total. The number of nitrogens with zero attached hydrogens (tertiary/aromatic N) is 2. The second-order valence-corrected chi connectivity index (χ2v) is 9.35. The summed E-state index contributed by atoms with van der Waals surface area (Å²) in [6.45, 7) is 3.89. The van der Waals surface area contributed by atoms with Gasteiger partial charge in [-0.25, -0.2) is 0 Å². The van der Waals surface area contributed by atoms with Crippen molar-refractivity contribution in [2.45, 2.75) is 57.5 Å². The minimum atomic E-state index is -0.927. The van der Waals surface area contributed by atoms with Crippen molar-refractivity contribution in [3.8, 4) is 0 Å². The van der Waals surface area contributed by atoms with Crippen LogP contribution in [0.25, 0.3) is 0 Å². The van der Waals surface area contributed by atoms with Crippen LogP contribution in [0.4, 0.5) is 5.69 Å². The number of aromatic nitrogens is 1. The first-order valence-electron chi connectivity index (χ1n) is 12.4. The molecule has 1 aromatic carbocycles. The highest BCUT2D eigenvalue weighted by atomic mass is 16.3.